The Morgan fingerprint density at radius 2 is 1.38 bits per heavy atom. The highest BCUT2D eigenvalue weighted by Gasteiger charge is 2.68. The number of carbonyl (C=O) groups excluding carboxylic acids is 5. The van der Waals surface area contributed by atoms with Gasteiger partial charge in [0.05, 0.1) is 23.9 Å². The molecule has 2 aromatic carbocycles. The van der Waals surface area contributed by atoms with E-state index in [4.69, 9.17) is 20.8 Å². The summed E-state index contributed by atoms with van der Waals surface area (Å²) in [5, 5.41) is 16.5. The first kappa shape index (κ1) is 52.2. The Morgan fingerprint density at radius 3 is 1.97 bits per heavy atom. The number of carbonyl (C=O) groups is 5. The maximum atomic E-state index is 14.0. The molecule has 2 bridgehead atoms. The van der Waals surface area contributed by atoms with Crippen molar-refractivity contribution in [1.29, 1.82) is 0 Å². The van der Waals surface area contributed by atoms with Crippen LogP contribution in [-0.2, 0) is 34.9 Å². The molecule has 2 aromatic rings. The molecule has 12 nitrogen and oxygen atoms in total. The van der Waals surface area contributed by atoms with E-state index in [1.54, 1.807) is 19.1 Å². The number of unbranched alkanes of at least 4 members (excludes halogenated alkanes) is 3. The highest BCUT2D eigenvalue weighted by atomic mass is 16.7. The molecule has 3 aliphatic carbocycles. The molecular formula is C52H79BN4O8. The molecular weight excluding hydrogens is 819 g/mol. The van der Waals surface area contributed by atoms with Crippen LogP contribution >= 0.6 is 0 Å². The molecule has 7 N–H and O–H groups in total. The average Bonchev–Trinajstić information content (AvgIpc) is 3.66. The van der Waals surface area contributed by atoms with Crippen LogP contribution in [-0.4, -0.2) is 84.4 Å². The summed E-state index contributed by atoms with van der Waals surface area (Å²) in [5.41, 5.74) is 15.2. The number of amides is 2. The molecule has 1 heterocycles. The Kier molecular flexibility index (Phi) is 19.1. The van der Waals surface area contributed by atoms with Crippen LogP contribution in [0.15, 0.2) is 48.5 Å². The van der Waals surface area contributed by atoms with Crippen molar-refractivity contribution >= 4 is 36.3 Å². The quantitative estimate of drug-likeness (QED) is 0.0323. The van der Waals surface area contributed by atoms with Crippen molar-refractivity contribution in [3.05, 3.63) is 59.7 Å². The molecule has 358 valence electrons. The summed E-state index contributed by atoms with van der Waals surface area (Å²) in [6, 6.07) is 13.7. The van der Waals surface area contributed by atoms with Gasteiger partial charge in [-0.1, -0.05) is 96.0 Å². The van der Waals surface area contributed by atoms with Gasteiger partial charge in [0, 0.05) is 36.7 Å². The standard InChI is InChI=1S/C52H79BN4O8/c1-8-10-15-35-18-20-37(21-19-35)38-22-24-39(25-23-38)43(59)30-40(16-11-13-26-54)50(63)57-48(34(4)58)45(61)29-36(9-2)49(62)56-42(17-12-14-27-55)44(60)28-33(3)53-64-47-32-41-31-46(51(41,5)6)52(47,7)65-53/h18-25,33-34,36,40-42,46-48,58H,8-17,26-32,54-55H2,1-7H3,(H,56,62)(H,57,63)/t33-,34?,36-,40-,41+,42+,46+,47?,48+,52+/m1/s1. The lowest BCUT2D eigenvalue weighted by molar-refractivity contribution is -0.199. The highest BCUT2D eigenvalue weighted by molar-refractivity contribution is 6.47. The summed E-state index contributed by atoms with van der Waals surface area (Å²) in [6.45, 7) is 15.0. The van der Waals surface area contributed by atoms with Gasteiger partial charge < -0.3 is 36.5 Å². The van der Waals surface area contributed by atoms with E-state index in [-0.39, 0.29) is 48.2 Å². The van der Waals surface area contributed by atoms with E-state index >= 15 is 0 Å². The Labute approximate surface area is 389 Å². The number of Topliss-reactive ketones (excluding diaryl/α,β-unsaturated/α-hetero) is 3. The molecule has 13 heteroatoms. The SMILES string of the molecule is CCCCc1ccc(-c2ccc(C(=O)C[C@@H](CCCCN)C(=O)N[C@H](C(=O)C[C@@H](CC)C(=O)N[C@@H](CCCCN)C(=O)C[C@@H](C)B3OC4C[C@@H]5C[C@@H](C5(C)C)[C@]4(C)O3)C(C)O)cc2)cc1. The largest absolute Gasteiger partial charge is 0.461 e. The topological polar surface area (TPSA) is 200 Å². The normalized spacial score (nSPS) is 23.5. The van der Waals surface area contributed by atoms with Crippen LogP contribution in [0.3, 0.4) is 0 Å². The molecule has 65 heavy (non-hydrogen) atoms. The molecule has 10 atom stereocenters. The van der Waals surface area contributed by atoms with Gasteiger partial charge in [-0.25, -0.2) is 0 Å². The molecule has 1 aliphatic heterocycles. The van der Waals surface area contributed by atoms with Crippen molar-refractivity contribution in [2.24, 2.45) is 40.6 Å². The fourth-order valence-electron chi connectivity index (χ4n) is 10.6. The van der Waals surface area contributed by atoms with Crippen molar-refractivity contribution in [2.75, 3.05) is 13.1 Å². The van der Waals surface area contributed by atoms with Gasteiger partial charge in [0.15, 0.2) is 17.3 Å². The molecule has 2 amide bonds. The minimum Gasteiger partial charge on any atom is -0.405 e. The molecule has 3 saturated carbocycles. The van der Waals surface area contributed by atoms with E-state index in [1.807, 2.05) is 19.1 Å². The summed E-state index contributed by atoms with van der Waals surface area (Å²) in [4.78, 5) is 69.3. The molecule has 0 radical (unpaired) electrons. The number of rotatable bonds is 28. The lowest BCUT2D eigenvalue weighted by Crippen LogP contribution is -2.65. The highest BCUT2D eigenvalue weighted by Crippen LogP contribution is 2.66. The molecule has 4 fully saturated rings. The van der Waals surface area contributed by atoms with Gasteiger partial charge >= 0.3 is 7.12 Å². The van der Waals surface area contributed by atoms with E-state index < -0.39 is 60.3 Å². The number of aliphatic hydroxyl groups excluding tert-OH is 1. The first-order valence-electron chi connectivity index (χ1n) is 24.8. The zero-order chi connectivity index (χ0) is 47.5. The lowest BCUT2D eigenvalue weighted by Gasteiger charge is -2.64. The molecule has 6 rings (SSSR count). The zero-order valence-electron chi connectivity index (χ0n) is 40.4. The molecule has 0 spiro atoms. The van der Waals surface area contributed by atoms with Gasteiger partial charge in [-0.3, -0.25) is 24.0 Å². The van der Waals surface area contributed by atoms with E-state index in [1.165, 1.54) is 12.5 Å². The summed E-state index contributed by atoms with van der Waals surface area (Å²) < 4.78 is 13.1. The first-order chi connectivity index (χ1) is 31.0. The van der Waals surface area contributed by atoms with Crippen LogP contribution in [0, 0.1) is 29.1 Å². The Hall–Kier alpha value is -3.75. The van der Waals surface area contributed by atoms with E-state index in [2.05, 4.69) is 62.6 Å². The lowest BCUT2D eigenvalue weighted by atomic mass is 9.43. The van der Waals surface area contributed by atoms with Crippen molar-refractivity contribution in [1.82, 2.24) is 10.6 Å². The third-order valence-electron chi connectivity index (χ3n) is 15.2. The summed E-state index contributed by atoms with van der Waals surface area (Å²) in [6.07, 6.45) is 7.59. The average molecular weight is 899 g/mol. The second kappa shape index (κ2) is 23.8. The summed E-state index contributed by atoms with van der Waals surface area (Å²) in [7, 11) is -0.521. The maximum absolute atomic E-state index is 14.0. The fraction of sp³-hybridized carbons (Fsp3) is 0.673. The van der Waals surface area contributed by atoms with Gasteiger partial charge in [0.25, 0.3) is 0 Å². The van der Waals surface area contributed by atoms with Gasteiger partial charge in [-0.15, -0.1) is 0 Å². The number of benzene rings is 2. The van der Waals surface area contributed by atoms with Gasteiger partial charge in [-0.05, 0) is 131 Å². The Balaban J connectivity index is 1.19. The minimum absolute atomic E-state index is 0.00274. The van der Waals surface area contributed by atoms with Crippen molar-refractivity contribution < 1.29 is 38.4 Å². The molecule has 4 aliphatic rings. The smallest absolute Gasteiger partial charge is 0.405 e. The van der Waals surface area contributed by atoms with Crippen molar-refractivity contribution in [3.63, 3.8) is 0 Å². The van der Waals surface area contributed by atoms with Gasteiger partial charge in [0.1, 0.15) is 6.04 Å². The molecule has 1 saturated heterocycles. The third kappa shape index (κ3) is 13.0. The second-order valence-electron chi connectivity index (χ2n) is 20.3. The molecule has 2 unspecified atom stereocenters. The van der Waals surface area contributed by atoms with Crippen LogP contribution in [0.2, 0.25) is 5.82 Å². The number of aliphatic hydroxyl groups is 1. The van der Waals surface area contributed by atoms with Crippen LogP contribution in [0.25, 0.3) is 11.1 Å². The third-order valence-corrected chi connectivity index (χ3v) is 15.2. The van der Waals surface area contributed by atoms with Crippen molar-refractivity contribution in [2.45, 2.75) is 180 Å². The number of ketones is 3. The number of hydrogen-bond acceptors (Lipinski definition) is 10. The monoisotopic (exact) mass is 899 g/mol. The summed E-state index contributed by atoms with van der Waals surface area (Å²) >= 11 is 0. The fourth-order valence-corrected chi connectivity index (χ4v) is 10.6. The second-order valence-corrected chi connectivity index (χ2v) is 20.3. The first-order valence-corrected chi connectivity index (χ1v) is 24.8. The number of nitrogens with two attached hydrogens (primary N) is 2. The zero-order valence-corrected chi connectivity index (χ0v) is 40.4. The van der Waals surface area contributed by atoms with Gasteiger partial charge in [0.2, 0.25) is 11.8 Å². The Bertz CT molecular complexity index is 1910. The summed E-state index contributed by atoms with van der Waals surface area (Å²) in [5.74, 6) is -2.62. The van der Waals surface area contributed by atoms with E-state index in [0.717, 1.165) is 43.2 Å². The van der Waals surface area contributed by atoms with Gasteiger partial charge in [-0.2, -0.15) is 0 Å². The number of nitrogens with one attached hydrogen (secondary N) is 2. The maximum Gasteiger partial charge on any atom is 0.461 e. The van der Waals surface area contributed by atoms with Crippen LogP contribution in [0.4, 0.5) is 0 Å². The predicted molar refractivity (Wildman–Crippen MR) is 257 cm³/mol. The van der Waals surface area contributed by atoms with Crippen LogP contribution < -0.4 is 22.1 Å². The number of hydrogen-bond donors (Lipinski definition) is 5. The van der Waals surface area contributed by atoms with Crippen LogP contribution in [0.1, 0.15) is 154 Å². The van der Waals surface area contributed by atoms with Crippen LogP contribution in [0.5, 0.6) is 0 Å². The Morgan fingerprint density at radius 1 is 0.769 bits per heavy atom. The predicted octanol–water partition coefficient (Wildman–Crippen LogP) is 7.56. The minimum atomic E-state index is -1.31. The van der Waals surface area contributed by atoms with E-state index in [9.17, 15) is 29.1 Å². The van der Waals surface area contributed by atoms with E-state index in [0.29, 0.717) is 75.4 Å². The molecule has 0 aromatic heterocycles. The number of aryl methyl sites for hydroxylation is 1. The van der Waals surface area contributed by atoms with Crippen molar-refractivity contribution in [3.8, 4) is 11.1 Å².